The lowest BCUT2D eigenvalue weighted by Gasteiger charge is -2.13. The van der Waals surface area contributed by atoms with Crippen LogP contribution < -0.4 is 0 Å². The molecular formula is C42H26N4O. The summed E-state index contributed by atoms with van der Waals surface area (Å²) in [6, 6.07) is 53.5. The predicted octanol–water partition coefficient (Wildman–Crippen LogP) is 10.7. The van der Waals surface area contributed by atoms with Gasteiger partial charge in [-0.05, 0) is 51.6 Å². The Morgan fingerprint density at radius 1 is 0.383 bits per heavy atom. The molecule has 0 fully saturated rings. The van der Waals surface area contributed by atoms with Crippen LogP contribution in [-0.2, 0) is 0 Å². The first kappa shape index (κ1) is 26.9. The van der Waals surface area contributed by atoms with Crippen molar-refractivity contribution in [2.75, 3.05) is 0 Å². The molecule has 0 bridgehead atoms. The first-order chi connectivity index (χ1) is 23.3. The Morgan fingerprint density at radius 3 is 1.60 bits per heavy atom. The molecule has 2 heterocycles. The second-order valence-electron chi connectivity index (χ2n) is 11.5. The Bertz CT molecular complexity index is 2500. The van der Waals surface area contributed by atoms with Crippen molar-refractivity contribution in [2.45, 2.75) is 0 Å². The second-order valence-corrected chi connectivity index (χ2v) is 11.5. The van der Waals surface area contributed by atoms with Crippen LogP contribution in [0.3, 0.4) is 0 Å². The van der Waals surface area contributed by atoms with E-state index in [9.17, 15) is 0 Å². The number of hydrogen-bond donors (Lipinski definition) is 0. The van der Waals surface area contributed by atoms with E-state index in [1.54, 1.807) is 0 Å². The van der Waals surface area contributed by atoms with Gasteiger partial charge in [-0.15, -0.1) is 0 Å². The van der Waals surface area contributed by atoms with E-state index in [1.807, 2.05) is 103 Å². The predicted molar refractivity (Wildman–Crippen MR) is 190 cm³/mol. The fourth-order valence-corrected chi connectivity index (χ4v) is 6.25. The second kappa shape index (κ2) is 11.2. The zero-order chi connectivity index (χ0) is 31.2. The van der Waals surface area contributed by atoms with Crippen LogP contribution in [0.15, 0.2) is 162 Å². The van der Waals surface area contributed by atoms with Crippen molar-refractivity contribution in [1.82, 2.24) is 19.9 Å². The Balaban J connectivity index is 1.24. The number of oxazole rings is 1. The number of benzene rings is 7. The highest BCUT2D eigenvalue weighted by molar-refractivity contribution is 6.18. The van der Waals surface area contributed by atoms with Crippen LogP contribution in [0.5, 0.6) is 0 Å². The van der Waals surface area contributed by atoms with Crippen LogP contribution in [0.4, 0.5) is 0 Å². The monoisotopic (exact) mass is 602 g/mol. The molecule has 0 radical (unpaired) electrons. The molecule has 9 rings (SSSR count). The van der Waals surface area contributed by atoms with E-state index in [1.165, 1.54) is 0 Å². The van der Waals surface area contributed by atoms with Crippen LogP contribution >= 0.6 is 0 Å². The summed E-state index contributed by atoms with van der Waals surface area (Å²) in [6.45, 7) is 0. The molecule has 47 heavy (non-hydrogen) atoms. The summed E-state index contributed by atoms with van der Waals surface area (Å²) in [6.07, 6.45) is 0. The number of fused-ring (bicyclic) bond motifs is 5. The summed E-state index contributed by atoms with van der Waals surface area (Å²) in [4.78, 5) is 19.8. The lowest BCUT2D eigenvalue weighted by Crippen LogP contribution is -2.01. The highest BCUT2D eigenvalue weighted by Gasteiger charge is 2.17. The van der Waals surface area contributed by atoms with Crippen LogP contribution in [0.25, 0.3) is 89.4 Å². The molecule has 220 valence electrons. The van der Waals surface area contributed by atoms with Gasteiger partial charge in [0.15, 0.2) is 23.1 Å². The first-order valence-electron chi connectivity index (χ1n) is 15.6. The molecule has 7 aromatic carbocycles. The maximum atomic E-state index is 6.49. The molecule has 0 aliphatic carbocycles. The molecule has 2 aromatic heterocycles. The van der Waals surface area contributed by atoms with Crippen molar-refractivity contribution < 1.29 is 4.42 Å². The number of rotatable bonds is 5. The van der Waals surface area contributed by atoms with E-state index >= 15 is 0 Å². The third-order valence-corrected chi connectivity index (χ3v) is 8.55. The molecule has 9 aromatic rings. The summed E-state index contributed by atoms with van der Waals surface area (Å²) in [5.41, 5.74) is 7.47. The third kappa shape index (κ3) is 4.82. The maximum Gasteiger partial charge on any atom is 0.227 e. The van der Waals surface area contributed by atoms with Crippen LogP contribution in [-0.4, -0.2) is 19.9 Å². The Kier molecular flexibility index (Phi) is 6.39. The van der Waals surface area contributed by atoms with Gasteiger partial charge in [-0.2, -0.15) is 0 Å². The van der Waals surface area contributed by atoms with Crippen molar-refractivity contribution in [2.24, 2.45) is 0 Å². The van der Waals surface area contributed by atoms with Crippen LogP contribution in [0, 0.1) is 0 Å². The average Bonchev–Trinajstić information content (AvgIpc) is 3.60. The minimum atomic E-state index is 0.616. The minimum Gasteiger partial charge on any atom is -0.435 e. The smallest absolute Gasteiger partial charge is 0.227 e. The Morgan fingerprint density at radius 2 is 0.915 bits per heavy atom. The van der Waals surface area contributed by atoms with Crippen LogP contribution in [0.2, 0.25) is 0 Å². The molecule has 0 N–H and O–H groups in total. The van der Waals surface area contributed by atoms with E-state index in [-0.39, 0.29) is 0 Å². The lowest BCUT2D eigenvalue weighted by molar-refractivity contribution is 0.623. The Labute approximate surface area is 270 Å². The minimum absolute atomic E-state index is 0.616. The van der Waals surface area contributed by atoms with Gasteiger partial charge in [-0.3, -0.25) is 0 Å². The summed E-state index contributed by atoms with van der Waals surface area (Å²) in [5, 5.41) is 4.37. The molecular weight excluding hydrogens is 576 g/mol. The third-order valence-electron chi connectivity index (χ3n) is 8.55. The maximum absolute atomic E-state index is 6.49. The van der Waals surface area contributed by atoms with Gasteiger partial charge in [0.2, 0.25) is 5.89 Å². The topological polar surface area (TPSA) is 64.7 Å². The summed E-state index contributed by atoms with van der Waals surface area (Å²) in [5.74, 6) is 2.51. The summed E-state index contributed by atoms with van der Waals surface area (Å²) < 4.78 is 6.49. The molecule has 0 amide bonds. The van der Waals surface area contributed by atoms with Gasteiger partial charge in [0, 0.05) is 27.6 Å². The molecule has 0 unspecified atom stereocenters. The quantitative estimate of drug-likeness (QED) is 0.183. The number of nitrogens with zero attached hydrogens (tertiary/aromatic N) is 4. The van der Waals surface area contributed by atoms with E-state index in [0.29, 0.717) is 23.4 Å². The molecule has 5 heteroatoms. The van der Waals surface area contributed by atoms with Gasteiger partial charge in [-0.25, -0.2) is 19.9 Å². The molecule has 5 nitrogen and oxygen atoms in total. The standard InChI is InChI=1S/C42H26N4O/c1-4-12-29(13-5-1)39-44-40(30-14-6-2-7-15-30)46-41(45-39)34-19-11-10-18-33(34)32-23-21-27-20-22-28-24-25-36-38(37(28)35(27)26-32)47-42(43-36)31-16-8-3-9-17-31/h1-26H. The van der Waals surface area contributed by atoms with Crippen molar-refractivity contribution in [1.29, 1.82) is 0 Å². The van der Waals surface area contributed by atoms with Gasteiger partial charge in [0.1, 0.15) is 5.52 Å². The number of hydrogen-bond acceptors (Lipinski definition) is 5. The van der Waals surface area contributed by atoms with Gasteiger partial charge in [0.05, 0.1) is 0 Å². The van der Waals surface area contributed by atoms with E-state index in [0.717, 1.165) is 66.0 Å². The van der Waals surface area contributed by atoms with Crippen molar-refractivity contribution in [3.63, 3.8) is 0 Å². The van der Waals surface area contributed by atoms with Crippen molar-refractivity contribution >= 4 is 32.6 Å². The lowest BCUT2D eigenvalue weighted by atomic mass is 9.94. The first-order valence-corrected chi connectivity index (χ1v) is 15.6. The largest absolute Gasteiger partial charge is 0.435 e. The SMILES string of the molecule is c1ccc(-c2nc(-c3ccccc3)nc(-c3ccccc3-c3ccc4ccc5ccc6nc(-c7ccccc7)oc6c5c4c3)n2)cc1. The molecule has 0 saturated carbocycles. The zero-order valence-electron chi connectivity index (χ0n) is 25.2. The van der Waals surface area contributed by atoms with Gasteiger partial charge in [-0.1, -0.05) is 133 Å². The summed E-state index contributed by atoms with van der Waals surface area (Å²) in [7, 11) is 0. The highest BCUT2D eigenvalue weighted by atomic mass is 16.3. The van der Waals surface area contributed by atoms with Crippen LogP contribution in [0.1, 0.15) is 0 Å². The molecule has 0 aliphatic rings. The molecule has 0 spiro atoms. The van der Waals surface area contributed by atoms with Crippen molar-refractivity contribution in [3.8, 4) is 56.7 Å². The average molecular weight is 603 g/mol. The normalized spacial score (nSPS) is 11.4. The molecule has 0 aliphatic heterocycles. The fraction of sp³-hybridized carbons (Fsp3) is 0. The van der Waals surface area contributed by atoms with Crippen molar-refractivity contribution in [3.05, 3.63) is 158 Å². The van der Waals surface area contributed by atoms with Gasteiger partial charge < -0.3 is 4.42 Å². The van der Waals surface area contributed by atoms with Gasteiger partial charge in [0.25, 0.3) is 0 Å². The number of aromatic nitrogens is 4. The fourth-order valence-electron chi connectivity index (χ4n) is 6.25. The van der Waals surface area contributed by atoms with Gasteiger partial charge >= 0.3 is 0 Å². The highest BCUT2D eigenvalue weighted by Crippen LogP contribution is 2.38. The molecule has 0 atom stereocenters. The Hall–Kier alpha value is -6.46. The summed E-state index contributed by atoms with van der Waals surface area (Å²) >= 11 is 0. The van der Waals surface area contributed by atoms with E-state index < -0.39 is 0 Å². The molecule has 0 saturated heterocycles. The van der Waals surface area contributed by atoms with E-state index in [4.69, 9.17) is 24.4 Å². The van der Waals surface area contributed by atoms with E-state index in [2.05, 4.69) is 54.6 Å². The zero-order valence-corrected chi connectivity index (χ0v) is 25.2.